The van der Waals surface area contributed by atoms with Gasteiger partial charge in [0.15, 0.2) is 0 Å². The Morgan fingerprint density at radius 1 is 1.14 bits per heavy atom. The molecule has 0 saturated heterocycles. The number of aryl methyl sites for hydroxylation is 1. The van der Waals surface area contributed by atoms with Crippen LogP contribution in [-0.2, 0) is 0 Å². The quantitative estimate of drug-likeness (QED) is 0.833. The molecule has 0 aliphatic carbocycles. The fourth-order valence-corrected chi connectivity index (χ4v) is 2.17. The minimum atomic E-state index is -0.0907. The third-order valence-electron chi connectivity index (χ3n) is 3.31. The number of benzene rings is 2. The first-order chi connectivity index (χ1) is 10.1. The minimum Gasteiger partial charge on any atom is -0.491 e. The molecule has 1 N–H and O–H groups in total. The Balaban J connectivity index is 1.80. The van der Waals surface area contributed by atoms with Crippen molar-refractivity contribution in [2.75, 3.05) is 13.2 Å². The first kappa shape index (κ1) is 15.6. The van der Waals surface area contributed by atoms with Crippen LogP contribution >= 0.6 is 15.9 Å². The van der Waals surface area contributed by atoms with Crippen LogP contribution in [0.3, 0.4) is 0 Å². The van der Waals surface area contributed by atoms with Crippen LogP contribution in [0.4, 0.5) is 0 Å². The van der Waals surface area contributed by atoms with Crippen molar-refractivity contribution in [3.63, 3.8) is 0 Å². The zero-order valence-corrected chi connectivity index (χ0v) is 13.7. The largest absolute Gasteiger partial charge is 0.491 e. The molecule has 21 heavy (non-hydrogen) atoms. The second kappa shape index (κ2) is 7.27. The fraction of sp³-hybridized carbons (Fsp3) is 0.235. The zero-order chi connectivity index (χ0) is 15.2. The van der Waals surface area contributed by atoms with E-state index in [4.69, 9.17) is 4.74 Å². The highest BCUT2D eigenvalue weighted by molar-refractivity contribution is 9.10. The Kier molecular flexibility index (Phi) is 5.39. The van der Waals surface area contributed by atoms with Crippen molar-refractivity contribution in [3.05, 3.63) is 63.6 Å². The Labute approximate surface area is 133 Å². The van der Waals surface area contributed by atoms with E-state index in [1.807, 2.05) is 31.2 Å². The van der Waals surface area contributed by atoms with Gasteiger partial charge in [-0.3, -0.25) is 4.79 Å². The van der Waals surface area contributed by atoms with Gasteiger partial charge in [0.1, 0.15) is 12.4 Å². The average Bonchev–Trinajstić information content (AvgIpc) is 2.48. The molecule has 0 heterocycles. The van der Waals surface area contributed by atoms with Crippen LogP contribution in [0.5, 0.6) is 5.75 Å². The number of carbonyl (C=O) groups is 1. The molecule has 2 rings (SSSR count). The summed E-state index contributed by atoms with van der Waals surface area (Å²) in [6, 6.07) is 13.2. The lowest BCUT2D eigenvalue weighted by Crippen LogP contribution is -2.28. The van der Waals surface area contributed by atoms with Crippen molar-refractivity contribution in [1.82, 2.24) is 5.32 Å². The Morgan fingerprint density at radius 2 is 1.86 bits per heavy atom. The summed E-state index contributed by atoms with van der Waals surface area (Å²) in [6.45, 7) is 5.01. The van der Waals surface area contributed by atoms with E-state index in [2.05, 4.69) is 34.2 Å². The van der Waals surface area contributed by atoms with Gasteiger partial charge in [0.2, 0.25) is 0 Å². The topological polar surface area (TPSA) is 38.3 Å². The number of hydrogen-bond donors (Lipinski definition) is 1. The van der Waals surface area contributed by atoms with Crippen LogP contribution in [-0.4, -0.2) is 19.1 Å². The minimum absolute atomic E-state index is 0.0907. The molecule has 0 fully saturated rings. The lowest BCUT2D eigenvalue weighted by molar-refractivity contribution is 0.0947. The molecule has 0 bridgehead atoms. The number of ether oxygens (including phenoxy) is 1. The lowest BCUT2D eigenvalue weighted by Gasteiger charge is -2.11. The maximum atomic E-state index is 11.9. The third-order valence-corrected chi connectivity index (χ3v) is 3.84. The molecule has 0 aliphatic rings. The zero-order valence-electron chi connectivity index (χ0n) is 12.2. The average molecular weight is 348 g/mol. The van der Waals surface area contributed by atoms with E-state index < -0.39 is 0 Å². The highest BCUT2D eigenvalue weighted by Crippen LogP contribution is 2.20. The van der Waals surface area contributed by atoms with Gasteiger partial charge < -0.3 is 10.1 Å². The van der Waals surface area contributed by atoms with Crippen LogP contribution in [0.1, 0.15) is 21.5 Å². The van der Waals surface area contributed by atoms with Gasteiger partial charge >= 0.3 is 0 Å². The smallest absolute Gasteiger partial charge is 0.251 e. The van der Waals surface area contributed by atoms with Crippen molar-refractivity contribution in [2.24, 2.45) is 0 Å². The van der Waals surface area contributed by atoms with Gasteiger partial charge in [0.25, 0.3) is 5.91 Å². The van der Waals surface area contributed by atoms with Crippen LogP contribution < -0.4 is 10.1 Å². The summed E-state index contributed by atoms with van der Waals surface area (Å²) in [5.41, 5.74) is 2.98. The molecular formula is C17H18BrNO2. The summed E-state index contributed by atoms with van der Waals surface area (Å²) in [4.78, 5) is 11.9. The molecule has 0 aliphatic heterocycles. The fourth-order valence-electron chi connectivity index (χ4n) is 1.91. The summed E-state index contributed by atoms with van der Waals surface area (Å²) in [6.07, 6.45) is 0. The molecule has 0 radical (unpaired) electrons. The highest BCUT2D eigenvalue weighted by atomic mass is 79.9. The van der Waals surface area contributed by atoms with E-state index in [9.17, 15) is 4.79 Å². The Bertz CT molecular complexity index is 623. The molecule has 0 aromatic heterocycles. The van der Waals surface area contributed by atoms with Gasteiger partial charge in [0.05, 0.1) is 6.54 Å². The van der Waals surface area contributed by atoms with Gasteiger partial charge in [-0.25, -0.2) is 0 Å². The number of nitrogens with one attached hydrogen (secondary N) is 1. The maximum Gasteiger partial charge on any atom is 0.251 e. The second-order valence-corrected chi connectivity index (χ2v) is 5.72. The van der Waals surface area contributed by atoms with Gasteiger partial charge in [-0.1, -0.05) is 28.1 Å². The third kappa shape index (κ3) is 4.33. The molecule has 0 atom stereocenters. The van der Waals surface area contributed by atoms with Gasteiger partial charge in [-0.15, -0.1) is 0 Å². The number of hydrogen-bond acceptors (Lipinski definition) is 2. The molecule has 0 spiro atoms. The monoisotopic (exact) mass is 347 g/mol. The predicted molar refractivity (Wildman–Crippen MR) is 87.9 cm³/mol. The number of carbonyl (C=O) groups excluding carboxylic acids is 1. The van der Waals surface area contributed by atoms with Crippen LogP contribution in [0.2, 0.25) is 0 Å². The molecule has 2 aromatic carbocycles. The molecule has 0 unspecified atom stereocenters. The lowest BCUT2D eigenvalue weighted by atomic mass is 10.1. The van der Waals surface area contributed by atoms with E-state index in [1.54, 1.807) is 12.1 Å². The molecule has 2 aromatic rings. The van der Waals surface area contributed by atoms with E-state index in [-0.39, 0.29) is 5.91 Å². The molecule has 1 amide bonds. The van der Waals surface area contributed by atoms with E-state index in [0.717, 1.165) is 15.8 Å². The van der Waals surface area contributed by atoms with Crippen molar-refractivity contribution in [1.29, 1.82) is 0 Å². The van der Waals surface area contributed by atoms with Crippen molar-refractivity contribution in [2.45, 2.75) is 13.8 Å². The summed E-state index contributed by atoms with van der Waals surface area (Å²) >= 11 is 3.35. The summed E-state index contributed by atoms with van der Waals surface area (Å²) < 4.78 is 6.66. The standard InChI is InChI=1S/C17H18BrNO2/c1-12-4-3-5-16(13(12)2)21-11-10-19-17(20)14-6-8-15(18)9-7-14/h3-9H,10-11H2,1-2H3,(H,19,20). The summed E-state index contributed by atoms with van der Waals surface area (Å²) in [7, 11) is 0. The van der Waals surface area contributed by atoms with Crippen LogP contribution in [0, 0.1) is 13.8 Å². The maximum absolute atomic E-state index is 11.9. The van der Waals surface area contributed by atoms with Gasteiger partial charge in [-0.05, 0) is 55.3 Å². The highest BCUT2D eigenvalue weighted by Gasteiger charge is 2.05. The summed E-state index contributed by atoms with van der Waals surface area (Å²) in [5.74, 6) is 0.778. The van der Waals surface area contributed by atoms with Gasteiger partial charge in [-0.2, -0.15) is 0 Å². The Morgan fingerprint density at radius 3 is 2.57 bits per heavy atom. The number of rotatable bonds is 5. The second-order valence-electron chi connectivity index (χ2n) is 4.81. The number of halogens is 1. The van der Waals surface area contributed by atoms with Crippen molar-refractivity contribution >= 4 is 21.8 Å². The molecule has 4 heteroatoms. The number of amides is 1. The van der Waals surface area contributed by atoms with Gasteiger partial charge in [0, 0.05) is 10.0 Å². The molecule has 0 saturated carbocycles. The predicted octanol–water partition coefficient (Wildman–Crippen LogP) is 3.87. The van der Waals surface area contributed by atoms with E-state index in [0.29, 0.717) is 18.7 Å². The van der Waals surface area contributed by atoms with Crippen molar-refractivity contribution < 1.29 is 9.53 Å². The van der Waals surface area contributed by atoms with E-state index in [1.165, 1.54) is 5.56 Å². The van der Waals surface area contributed by atoms with Crippen LogP contribution in [0.15, 0.2) is 46.9 Å². The SMILES string of the molecule is Cc1cccc(OCCNC(=O)c2ccc(Br)cc2)c1C. The molecule has 110 valence electrons. The normalized spacial score (nSPS) is 10.2. The van der Waals surface area contributed by atoms with Crippen LogP contribution in [0.25, 0.3) is 0 Å². The molecule has 3 nitrogen and oxygen atoms in total. The van der Waals surface area contributed by atoms with Crippen molar-refractivity contribution in [3.8, 4) is 5.75 Å². The first-order valence-corrected chi connectivity index (χ1v) is 7.60. The van der Waals surface area contributed by atoms with E-state index >= 15 is 0 Å². The summed E-state index contributed by atoms with van der Waals surface area (Å²) in [5, 5.41) is 2.84. The molecular weight excluding hydrogens is 330 g/mol. The Hall–Kier alpha value is -1.81. The first-order valence-electron chi connectivity index (χ1n) is 6.80.